The summed E-state index contributed by atoms with van der Waals surface area (Å²) in [5.74, 6) is -0.543. The molecular weight excluding hydrogens is 344 g/mol. The van der Waals surface area contributed by atoms with E-state index in [9.17, 15) is 9.59 Å². The number of hydrogen-bond acceptors (Lipinski definition) is 4. The molecule has 2 unspecified atom stereocenters. The van der Waals surface area contributed by atoms with Crippen molar-refractivity contribution in [2.45, 2.75) is 32.9 Å². The first-order valence-electron chi connectivity index (χ1n) is 8.67. The number of carbonyl (C=O) groups excluding carboxylic acids is 2. The van der Waals surface area contributed by atoms with Crippen molar-refractivity contribution in [3.63, 3.8) is 0 Å². The first kappa shape index (κ1) is 18.4. The van der Waals surface area contributed by atoms with E-state index in [4.69, 9.17) is 0 Å². The van der Waals surface area contributed by atoms with Crippen LogP contribution in [-0.4, -0.2) is 43.9 Å². The van der Waals surface area contributed by atoms with Crippen molar-refractivity contribution >= 4 is 11.8 Å². The van der Waals surface area contributed by atoms with Gasteiger partial charge in [-0.05, 0) is 39.0 Å². The van der Waals surface area contributed by atoms with Crippen LogP contribution in [0.1, 0.15) is 40.3 Å². The highest BCUT2D eigenvalue weighted by Crippen LogP contribution is 2.09. The third-order valence-electron chi connectivity index (χ3n) is 4.35. The lowest BCUT2D eigenvalue weighted by atomic mass is 10.1. The molecule has 2 atom stereocenters. The molecule has 27 heavy (non-hydrogen) atoms. The number of amides is 2. The molecule has 0 aliphatic rings. The molecule has 3 rings (SSSR count). The molecule has 2 heterocycles. The average Bonchev–Trinajstić information content (AvgIpc) is 3.34. The zero-order valence-electron chi connectivity index (χ0n) is 15.4. The molecule has 3 N–H and O–H groups in total. The second-order valence-corrected chi connectivity index (χ2v) is 6.49. The number of aromatic amines is 1. The molecule has 8 nitrogen and oxygen atoms in total. The Morgan fingerprint density at radius 2 is 1.70 bits per heavy atom. The minimum Gasteiger partial charge on any atom is -0.347 e. The highest BCUT2D eigenvalue weighted by molar-refractivity contribution is 5.94. The Kier molecular flexibility index (Phi) is 5.35. The predicted molar refractivity (Wildman–Crippen MR) is 101 cm³/mol. The molecule has 0 spiro atoms. The lowest BCUT2D eigenvalue weighted by Crippen LogP contribution is -2.48. The zero-order valence-corrected chi connectivity index (χ0v) is 15.4. The Bertz CT molecular complexity index is 914. The second kappa shape index (κ2) is 7.86. The highest BCUT2D eigenvalue weighted by Gasteiger charge is 2.20. The van der Waals surface area contributed by atoms with Crippen molar-refractivity contribution in [1.29, 1.82) is 0 Å². The molecule has 2 amide bonds. The zero-order chi connectivity index (χ0) is 19.4. The van der Waals surface area contributed by atoms with E-state index >= 15 is 0 Å². The maximum Gasteiger partial charge on any atom is 0.272 e. The largest absolute Gasteiger partial charge is 0.347 e. The molecule has 0 fully saturated rings. The van der Waals surface area contributed by atoms with Gasteiger partial charge in [0.25, 0.3) is 11.8 Å². The number of rotatable bonds is 6. The maximum absolute atomic E-state index is 12.5. The summed E-state index contributed by atoms with van der Waals surface area (Å²) in [4.78, 5) is 24.5. The van der Waals surface area contributed by atoms with Gasteiger partial charge in [-0.15, -0.1) is 0 Å². The van der Waals surface area contributed by atoms with Crippen LogP contribution in [-0.2, 0) is 0 Å². The summed E-state index contributed by atoms with van der Waals surface area (Å²) >= 11 is 0. The maximum atomic E-state index is 12.5. The molecule has 140 valence electrons. The van der Waals surface area contributed by atoms with Crippen LogP contribution < -0.4 is 10.6 Å². The Labute approximate surface area is 157 Å². The Balaban J connectivity index is 1.59. The molecule has 0 radical (unpaired) electrons. The van der Waals surface area contributed by atoms with Gasteiger partial charge >= 0.3 is 0 Å². The summed E-state index contributed by atoms with van der Waals surface area (Å²) in [6.07, 6.45) is 4.71. The van der Waals surface area contributed by atoms with Gasteiger partial charge in [0.05, 0.1) is 17.4 Å². The Morgan fingerprint density at radius 3 is 2.33 bits per heavy atom. The fourth-order valence-electron chi connectivity index (χ4n) is 2.48. The van der Waals surface area contributed by atoms with Gasteiger partial charge in [0.2, 0.25) is 0 Å². The van der Waals surface area contributed by atoms with Crippen LogP contribution in [0.3, 0.4) is 0 Å². The SMILES string of the molecule is Cc1ccc(-n2ccc(C(=O)NC(C)C(C)NC(=O)c3cn[nH]c3)n2)cc1. The summed E-state index contributed by atoms with van der Waals surface area (Å²) in [7, 11) is 0. The molecule has 8 heteroatoms. The molecule has 0 aliphatic heterocycles. The number of hydrogen-bond donors (Lipinski definition) is 3. The fourth-order valence-corrected chi connectivity index (χ4v) is 2.48. The van der Waals surface area contributed by atoms with Crippen LogP contribution in [0.25, 0.3) is 5.69 Å². The standard InChI is InChI=1S/C19H22N6O2/c1-12-4-6-16(7-5-12)25-9-8-17(24-25)19(27)23-14(3)13(2)22-18(26)15-10-20-21-11-15/h4-11,13-14H,1-3H3,(H,20,21)(H,22,26)(H,23,27). The summed E-state index contributed by atoms with van der Waals surface area (Å²) < 4.78 is 1.66. The van der Waals surface area contributed by atoms with Crippen LogP contribution >= 0.6 is 0 Å². The molecule has 0 bridgehead atoms. The van der Waals surface area contributed by atoms with E-state index < -0.39 is 0 Å². The van der Waals surface area contributed by atoms with Crippen molar-refractivity contribution in [3.8, 4) is 5.69 Å². The van der Waals surface area contributed by atoms with Gasteiger partial charge in [0.15, 0.2) is 5.69 Å². The summed E-state index contributed by atoms with van der Waals surface area (Å²) in [5.41, 5.74) is 2.80. The van der Waals surface area contributed by atoms with Gasteiger partial charge in [-0.25, -0.2) is 4.68 Å². The average molecular weight is 366 g/mol. The van der Waals surface area contributed by atoms with E-state index in [2.05, 4.69) is 25.9 Å². The number of nitrogens with one attached hydrogen (secondary N) is 3. The summed E-state index contributed by atoms with van der Waals surface area (Å²) in [6, 6.07) is 8.98. The van der Waals surface area contributed by atoms with Gasteiger partial charge in [-0.2, -0.15) is 10.2 Å². The van der Waals surface area contributed by atoms with Gasteiger partial charge in [0, 0.05) is 24.5 Å². The number of benzene rings is 1. The minimum absolute atomic E-state index is 0.249. The van der Waals surface area contributed by atoms with E-state index in [0.29, 0.717) is 11.3 Å². The first-order chi connectivity index (χ1) is 12.9. The quantitative estimate of drug-likeness (QED) is 0.619. The van der Waals surface area contributed by atoms with Crippen molar-refractivity contribution in [1.82, 2.24) is 30.6 Å². The minimum atomic E-state index is -0.294. The van der Waals surface area contributed by atoms with Crippen LogP contribution in [0.4, 0.5) is 0 Å². The fraction of sp³-hybridized carbons (Fsp3) is 0.263. The molecule has 3 aromatic rings. The van der Waals surface area contributed by atoms with Crippen LogP contribution in [0.15, 0.2) is 48.9 Å². The van der Waals surface area contributed by atoms with Crippen LogP contribution in [0.5, 0.6) is 0 Å². The van der Waals surface area contributed by atoms with Gasteiger partial charge in [0.1, 0.15) is 0 Å². The molecular formula is C19H22N6O2. The molecule has 0 saturated heterocycles. The third kappa shape index (κ3) is 4.41. The van der Waals surface area contributed by atoms with E-state index in [-0.39, 0.29) is 23.9 Å². The van der Waals surface area contributed by atoms with Crippen molar-refractivity contribution < 1.29 is 9.59 Å². The molecule has 2 aromatic heterocycles. The monoisotopic (exact) mass is 366 g/mol. The first-order valence-corrected chi connectivity index (χ1v) is 8.67. The van der Waals surface area contributed by atoms with Crippen molar-refractivity contribution in [2.75, 3.05) is 0 Å². The topological polar surface area (TPSA) is 105 Å². The number of carbonyl (C=O) groups is 2. The smallest absolute Gasteiger partial charge is 0.272 e. The Morgan fingerprint density at radius 1 is 1.04 bits per heavy atom. The number of aromatic nitrogens is 4. The molecule has 0 aliphatic carbocycles. The summed E-state index contributed by atoms with van der Waals surface area (Å²) in [6.45, 7) is 5.67. The van der Waals surface area contributed by atoms with Gasteiger partial charge < -0.3 is 10.6 Å². The van der Waals surface area contributed by atoms with E-state index in [0.717, 1.165) is 11.3 Å². The number of nitrogens with zero attached hydrogens (tertiary/aromatic N) is 3. The van der Waals surface area contributed by atoms with Gasteiger partial charge in [-0.3, -0.25) is 14.7 Å². The van der Waals surface area contributed by atoms with Gasteiger partial charge in [-0.1, -0.05) is 17.7 Å². The number of H-pyrrole nitrogens is 1. The Hall–Kier alpha value is -3.42. The van der Waals surface area contributed by atoms with Crippen molar-refractivity contribution in [2.24, 2.45) is 0 Å². The van der Waals surface area contributed by atoms with Crippen LogP contribution in [0, 0.1) is 6.92 Å². The molecule has 1 aromatic carbocycles. The highest BCUT2D eigenvalue weighted by atomic mass is 16.2. The predicted octanol–water partition coefficient (Wildman–Crippen LogP) is 1.84. The normalized spacial score (nSPS) is 13.0. The molecule has 0 saturated carbocycles. The number of aryl methyl sites for hydroxylation is 1. The second-order valence-electron chi connectivity index (χ2n) is 6.49. The van der Waals surface area contributed by atoms with Crippen molar-refractivity contribution in [3.05, 3.63) is 65.7 Å². The lowest BCUT2D eigenvalue weighted by molar-refractivity contribution is 0.0889. The van der Waals surface area contributed by atoms with Crippen LogP contribution in [0.2, 0.25) is 0 Å². The van der Waals surface area contributed by atoms with E-state index in [1.807, 2.05) is 45.0 Å². The summed E-state index contributed by atoms with van der Waals surface area (Å²) in [5, 5.41) is 16.4. The third-order valence-corrected chi connectivity index (χ3v) is 4.35. The lowest BCUT2D eigenvalue weighted by Gasteiger charge is -2.21. The van der Waals surface area contributed by atoms with E-state index in [1.54, 1.807) is 16.9 Å². The van der Waals surface area contributed by atoms with E-state index in [1.165, 1.54) is 12.4 Å².